The minimum absolute atomic E-state index is 0.0325. The summed E-state index contributed by atoms with van der Waals surface area (Å²) in [6.07, 6.45) is 1.42. The number of amides is 1. The number of pyridine rings is 1. The second kappa shape index (κ2) is 6.28. The van der Waals surface area contributed by atoms with E-state index in [0.29, 0.717) is 5.56 Å². The van der Waals surface area contributed by atoms with E-state index in [1.165, 1.54) is 24.4 Å². The van der Waals surface area contributed by atoms with E-state index < -0.39 is 23.3 Å². The first-order valence-electron chi connectivity index (χ1n) is 6.03. The van der Waals surface area contributed by atoms with Crippen LogP contribution in [-0.2, 0) is 0 Å². The van der Waals surface area contributed by atoms with Crippen LogP contribution in [0.15, 0.2) is 35.3 Å². The van der Waals surface area contributed by atoms with Crippen molar-refractivity contribution in [3.63, 3.8) is 0 Å². The summed E-state index contributed by atoms with van der Waals surface area (Å²) in [5, 5.41) is 2.72. The SMILES string of the molecule is CC(NC(=O)c1ccc[nH]c1=O)c1cc(F)c(Cl)cc1Cl. The topological polar surface area (TPSA) is 62.0 Å². The molecule has 0 aliphatic heterocycles. The highest BCUT2D eigenvalue weighted by molar-refractivity contribution is 6.35. The number of aromatic amines is 1. The molecule has 7 heteroatoms. The van der Waals surface area contributed by atoms with Crippen LogP contribution in [0.4, 0.5) is 4.39 Å². The Balaban J connectivity index is 2.24. The number of H-pyrrole nitrogens is 1. The fraction of sp³-hybridized carbons (Fsp3) is 0.143. The van der Waals surface area contributed by atoms with Crippen LogP contribution in [-0.4, -0.2) is 10.9 Å². The quantitative estimate of drug-likeness (QED) is 0.849. The van der Waals surface area contributed by atoms with E-state index in [1.54, 1.807) is 6.92 Å². The van der Waals surface area contributed by atoms with Gasteiger partial charge in [-0.3, -0.25) is 9.59 Å². The lowest BCUT2D eigenvalue weighted by Gasteiger charge is -2.16. The van der Waals surface area contributed by atoms with Crippen molar-refractivity contribution in [2.24, 2.45) is 0 Å². The summed E-state index contributed by atoms with van der Waals surface area (Å²) < 4.78 is 13.5. The lowest BCUT2D eigenvalue weighted by atomic mass is 10.1. The molecule has 0 aliphatic carbocycles. The van der Waals surface area contributed by atoms with Crippen LogP contribution in [0.1, 0.15) is 28.9 Å². The number of carbonyl (C=O) groups excluding carboxylic acids is 1. The number of halogens is 3. The van der Waals surface area contributed by atoms with Crippen molar-refractivity contribution < 1.29 is 9.18 Å². The second-order valence-electron chi connectivity index (χ2n) is 4.40. The van der Waals surface area contributed by atoms with Crippen LogP contribution in [0.25, 0.3) is 0 Å². The predicted octanol–water partition coefficient (Wildman–Crippen LogP) is 3.31. The monoisotopic (exact) mass is 328 g/mol. The minimum atomic E-state index is -0.630. The molecule has 0 saturated heterocycles. The van der Waals surface area contributed by atoms with Crippen molar-refractivity contribution in [2.45, 2.75) is 13.0 Å². The summed E-state index contributed by atoms with van der Waals surface area (Å²) in [5.41, 5.74) is -0.162. The van der Waals surface area contributed by atoms with Gasteiger partial charge in [-0.2, -0.15) is 0 Å². The van der Waals surface area contributed by atoms with Gasteiger partial charge in [0.25, 0.3) is 11.5 Å². The largest absolute Gasteiger partial charge is 0.345 e. The van der Waals surface area contributed by atoms with Crippen molar-refractivity contribution in [3.8, 4) is 0 Å². The Morgan fingerprint density at radius 2 is 2.05 bits per heavy atom. The number of aromatic nitrogens is 1. The average molecular weight is 329 g/mol. The van der Waals surface area contributed by atoms with Crippen molar-refractivity contribution in [2.75, 3.05) is 0 Å². The van der Waals surface area contributed by atoms with Crippen LogP contribution in [0.3, 0.4) is 0 Å². The summed E-state index contributed by atoms with van der Waals surface area (Å²) in [7, 11) is 0. The van der Waals surface area contributed by atoms with Gasteiger partial charge in [-0.1, -0.05) is 23.2 Å². The van der Waals surface area contributed by atoms with Crippen LogP contribution < -0.4 is 10.9 Å². The van der Waals surface area contributed by atoms with E-state index in [2.05, 4.69) is 10.3 Å². The molecule has 2 N–H and O–H groups in total. The third kappa shape index (κ3) is 3.43. The molecular formula is C14H11Cl2FN2O2. The number of benzene rings is 1. The molecule has 1 aromatic heterocycles. The van der Waals surface area contributed by atoms with Crippen LogP contribution in [0.5, 0.6) is 0 Å². The Bertz CT molecular complexity index is 746. The van der Waals surface area contributed by atoms with Gasteiger partial charge < -0.3 is 10.3 Å². The second-order valence-corrected chi connectivity index (χ2v) is 5.21. The van der Waals surface area contributed by atoms with E-state index in [9.17, 15) is 14.0 Å². The Kier molecular flexibility index (Phi) is 4.65. The van der Waals surface area contributed by atoms with E-state index >= 15 is 0 Å². The zero-order valence-corrected chi connectivity index (χ0v) is 12.4. The minimum Gasteiger partial charge on any atom is -0.345 e. The maximum atomic E-state index is 13.5. The highest BCUT2D eigenvalue weighted by Crippen LogP contribution is 2.28. The molecule has 0 bridgehead atoms. The Morgan fingerprint density at radius 1 is 1.33 bits per heavy atom. The van der Waals surface area contributed by atoms with Crippen molar-refractivity contribution in [3.05, 3.63) is 67.8 Å². The average Bonchev–Trinajstić information content (AvgIpc) is 2.43. The third-order valence-electron chi connectivity index (χ3n) is 2.92. The molecule has 4 nitrogen and oxygen atoms in total. The highest BCUT2D eigenvalue weighted by Gasteiger charge is 2.17. The number of carbonyl (C=O) groups is 1. The van der Waals surface area contributed by atoms with Gasteiger partial charge in [0.1, 0.15) is 11.4 Å². The highest BCUT2D eigenvalue weighted by atomic mass is 35.5. The fourth-order valence-corrected chi connectivity index (χ4v) is 2.37. The molecule has 0 spiro atoms. The summed E-state index contributed by atoms with van der Waals surface area (Å²) in [4.78, 5) is 25.9. The van der Waals surface area contributed by atoms with Gasteiger partial charge >= 0.3 is 0 Å². The third-order valence-corrected chi connectivity index (χ3v) is 3.53. The maximum absolute atomic E-state index is 13.5. The first kappa shape index (κ1) is 15.5. The van der Waals surface area contributed by atoms with Gasteiger partial charge in [0, 0.05) is 11.2 Å². The molecular weight excluding hydrogens is 318 g/mol. The van der Waals surface area contributed by atoms with E-state index in [4.69, 9.17) is 23.2 Å². The van der Waals surface area contributed by atoms with Crippen LogP contribution in [0, 0.1) is 5.82 Å². The van der Waals surface area contributed by atoms with E-state index in [1.807, 2.05) is 0 Å². The van der Waals surface area contributed by atoms with Gasteiger partial charge in [0.2, 0.25) is 0 Å². The molecule has 1 unspecified atom stereocenters. The van der Waals surface area contributed by atoms with E-state index in [0.717, 1.165) is 6.07 Å². The Morgan fingerprint density at radius 3 is 2.71 bits per heavy atom. The molecule has 2 aromatic rings. The zero-order valence-electron chi connectivity index (χ0n) is 10.9. The van der Waals surface area contributed by atoms with E-state index in [-0.39, 0.29) is 15.6 Å². The van der Waals surface area contributed by atoms with Gasteiger partial charge in [-0.25, -0.2) is 4.39 Å². The van der Waals surface area contributed by atoms with Crippen molar-refractivity contribution >= 4 is 29.1 Å². The Labute approximate surface area is 129 Å². The van der Waals surface area contributed by atoms with Gasteiger partial charge in [0.05, 0.1) is 11.1 Å². The number of hydrogen-bond donors (Lipinski definition) is 2. The smallest absolute Gasteiger partial charge is 0.260 e. The molecule has 0 saturated carbocycles. The maximum Gasteiger partial charge on any atom is 0.260 e. The molecule has 2 rings (SSSR count). The predicted molar refractivity (Wildman–Crippen MR) is 79.4 cm³/mol. The summed E-state index contributed by atoms with van der Waals surface area (Å²) in [6, 6.07) is 4.77. The molecule has 0 fully saturated rings. The summed E-state index contributed by atoms with van der Waals surface area (Å²) in [6.45, 7) is 1.63. The number of hydrogen-bond acceptors (Lipinski definition) is 2. The summed E-state index contributed by atoms with van der Waals surface area (Å²) >= 11 is 11.6. The van der Waals surface area contributed by atoms with Crippen molar-refractivity contribution in [1.82, 2.24) is 10.3 Å². The molecule has 1 aromatic carbocycles. The summed E-state index contributed by atoms with van der Waals surface area (Å²) in [5.74, 6) is -1.20. The lowest BCUT2D eigenvalue weighted by molar-refractivity contribution is 0.0938. The van der Waals surface area contributed by atoms with Crippen LogP contribution >= 0.6 is 23.2 Å². The fourth-order valence-electron chi connectivity index (χ4n) is 1.82. The molecule has 110 valence electrons. The van der Waals surface area contributed by atoms with Gasteiger partial charge in [-0.05, 0) is 36.8 Å². The first-order valence-corrected chi connectivity index (χ1v) is 6.78. The molecule has 21 heavy (non-hydrogen) atoms. The lowest BCUT2D eigenvalue weighted by Crippen LogP contribution is -2.31. The first-order chi connectivity index (χ1) is 9.90. The number of rotatable bonds is 3. The normalized spacial score (nSPS) is 12.0. The standard InChI is InChI=1S/C14H11Cl2FN2O2/c1-7(9-5-12(17)11(16)6-10(9)15)19-14(21)8-3-2-4-18-13(8)20/h2-7H,1H3,(H,18,20)(H,19,21). The molecule has 0 radical (unpaired) electrons. The molecule has 1 amide bonds. The van der Waals surface area contributed by atoms with Gasteiger partial charge in [-0.15, -0.1) is 0 Å². The Hall–Kier alpha value is -1.85. The zero-order chi connectivity index (χ0) is 15.6. The van der Waals surface area contributed by atoms with Crippen LogP contribution in [0.2, 0.25) is 10.0 Å². The molecule has 1 atom stereocenters. The van der Waals surface area contributed by atoms with Crippen molar-refractivity contribution in [1.29, 1.82) is 0 Å². The number of nitrogens with one attached hydrogen (secondary N) is 2. The van der Waals surface area contributed by atoms with Gasteiger partial charge in [0.15, 0.2) is 0 Å². The molecule has 1 heterocycles. The molecule has 0 aliphatic rings.